The number of rotatable bonds is 5. The number of nitrogens with zero attached hydrogens (tertiary/aromatic N) is 2. The molecule has 1 saturated heterocycles. The van der Waals surface area contributed by atoms with E-state index in [1.165, 1.54) is 11.3 Å². The molecular formula is C16H20N3O. The molecule has 1 aromatic carbocycles. The number of imidazole rings is 1. The minimum absolute atomic E-state index is 0.831. The maximum Gasteiger partial charge on any atom is 0.0923 e. The molecule has 1 aromatic heterocycles. The summed E-state index contributed by atoms with van der Waals surface area (Å²) in [6, 6.07) is 8.78. The van der Waals surface area contributed by atoms with E-state index < -0.39 is 0 Å². The van der Waals surface area contributed by atoms with E-state index in [2.05, 4.69) is 45.6 Å². The van der Waals surface area contributed by atoms with E-state index in [4.69, 9.17) is 4.74 Å². The Hall–Kier alpha value is -1.81. The topological polar surface area (TPSA) is 41.2 Å². The lowest BCUT2D eigenvalue weighted by Gasteiger charge is -2.28. The Balaban J connectivity index is 1.50. The van der Waals surface area contributed by atoms with Gasteiger partial charge in [-0.3, -0.25) is 0 Å². The molecular weight excluding hydrogens is 250 g/mol. The van der Waals surface area contributed by atoms with Crippen LogP contribution in [0.5, 0.6) is 0 Å². The monoisotopic (exact) mass is 270 g/mol. The van der Waals surface area contributed by atoms with Crippen LogP contribution in [0.1, 0.15) is 17.7 Å². The number of hydrogen-bond donors (Lipinski definition) is 1. The predicted molar refractivity (Wildman–Crippen MR) is 79.8 cm³/mol. The Kier molecular flexibility index (Phi) is 4.33. The third kappa shape index (κ3) is 3.39. The van der Waals surface area contributed by atoms with Crippen LogP contribution in [-0.4, -0.2) is 36.3 Å². The summed E-state index contributed by atoms with van der Waals surface area (Å²) in [7, 11) is 0. The first-order valence-corrected chi connectivity index (χ1v) is 7.15. The molecule has 1 aliphatic rings. The highest BCUT2D eigenvalue weighted by molar-refractivity contribution is 5.48. The van der Waals surface area contributed by atoms with Gasteiger partial charge in [0.05, 0.1) is 25.2 Å². The minimum Gasteiger partial charge on any atom is -0.378 e. The van der Waals surface area contributed by atoms with Crippen LogP contribution in [0.25, 0.3) is 0 Å². The van der Waals surface area contributed by atoms with Crippen molar-refractivity contribution in [2.45, 2.75) is 12.8 Å². The Labute approximate surface area is 119 Å². The van der Waals surface area contributed by atoms with Gasteiger partial charge in [-0.05, 0) is 37.0 Å². The standard InChI is InChI=1S/C16H20N3O/c1(3-15-12-17-13-18-15)2-14-4-6-16(7-5-14)19-8-10-20-11-9-19/h2,4-7,12-13H,1,3,8-11H2,(H,17,18). The number of nitrogens with one attached hydrogen (secondary N) is 1. The Bertz CT molecular complexity index is 501. The van der Waals surface area contributed by atoms with Crippen molar-refractivity contribution < 1.29 is 4.74 Å². The summed E-state index contributed by atoms with van der Waals surface area (Å²) in [6.07, 6.45) is 7.94. The molecule has 4 heteroatoms. The van der Waals surface area contributed by atoms with Crippen LogP contribution in [0.2, 0.25) is 0 Å². The molecule has 1 N–H and O–H groups in total. The highest BCUT2D eigenvalue weighted by Crippen LogP contribution is 2.18. The number of benzene rings is 1. The smallest absolute Gasteiger partial charge is 0.0923 e. The van der Waals surface area contributed by atoms with Crippen LogP contribution in [0.15, 0.2) is 36.8 Å². The number of aromatic amines is 1. The zero-order valence-electron chi connectivity index (χ0n) is 11.6. The van der Waals surface area contributed by atoms with Crippen LogP contribution >= 0.6 is 0 Å². The molecule has 20 heavy (non-hydrogen) atoms. The van der Waals surface area contributed by atoms with Crippen molar-refractivity contribution in [3.05, 3.63) is 54.5 Å². The molecule has 0 saturated carbocycles. The van der Waals surface area contributed by atoms with Gasteiger partial charge >= 0.3 is 0 Å². The second kappa shape index (κ2) is 6.57. The molecule has 1 aliphatic heterocycles. The molecule has 0 spiro atoms. The average molecular weight is 270 g/mol. The number of anilines is 1. The van der Waals surface area contributed by atoms with Crippen molar-refractivity contribution in [2.24, 2.45) is 0 Å². The van der Waals surface area contributed by atoms with Gasteiger partial charge in [0.1, 0.15) is 0 Å². The van der Waals surface area contributed by atoms with Crippen LogP contribution in [0.4, 0.5) is 5.69 Å². The van der Waals surface area contributed by atoms with Crippen LogP contribution < -0.4 is 4.90 Å². The fraction of sp³-hybridized carbons (Fsp3) is 0.375. The quantitative estimate of drug-likeness (QED) is 0.907. The van der Waals surface area contributed by atoms with Gasteiger partial charge in [0.2, 0.25) is 0 Å². The SMILES string of the molecule is [CH](CCc1c[nH]cn1)c1ccc(N2CCOCC2)cc1. The van der Waals surface area contributed by atoms with E-state index >= 15 is 0 Å². The number of aromatic nitrogens is 2. The number of ether oxygens (including phenoxy) is 1. The summed E-state index contributed by atoms with van der Waals surface area (Å²) in [5.41, 5.74) is 3.68. The maximum atomic E-state index is 5.38. The zero-order valence-corrected chi connectivity index (χ0v) is 11.6. The molecule has 3 rings (SSSR count). The zero-order chi connectivity index (χ0) is 13.6. The van der Waals surface area contributed by atoms with Gasteiger partial charge in [-0.1, -0.05) is 12.1 Å². The first kappa shape index (κ1) is 13.2. The Morgan fingerprint density at radius 2 is 2.00 bits per heavy atom. The molecule has 2 aromatic rings. The first-order valence-electron chi connectivity index (χ1n) is 7.15. The lowest BCUT2D eigenvalue weighted by atomic mass is 10.1. The minimum atomic E-state index is 0.831. The van der Waals surface area contributed by atoms with E-state index in [1.807, 2.05) is 6.20 Å². The second-order valence-corrected chi connectivity index (χ2v) is 4.99. The fourth-order valence-corrected chi connectivity index (χ4v) is 2.46. The Morgan fingerprint density at radius 3 is 2.70 bits per heavy atom. The summed E-state index contributed by atoms with van der Waals surface area (Å²) in [5, 5.41) is 0. The molecule has 0 amide bonds. The lowest BCUT2D eigenvalue weighted by Crippen LogP contribution is -2.36. The maximum absolute atomic E-state index is 5.38. The highest BCUT2D eigenvalue weighted by atomic mass is 16.5. The van der Waals surface area contributed by atoms with E-state index in [1.54, 1.807) is 6.33 Å². The van der Waals surface area contributed by atoms with Gasteiger partial charge in [0, 0.05) is 25.0 Å². The van der Waals surface area contributed by atoms with Crippen molar-refractivity contribution in [3.8, 4) is 0 Å². The first-order chi connectivity index (χ1) is 9.92. The van der Waals surface area contributed by atoms with Gasteiger partial charge in [0.25, 0.3) is 0 Å². The fourth-order valence-electron chi connectivity index (χ4n) is 2.46. The van der Waals surface area contributed by atoms with E-state index in [0.29, 0.717) is 0 Å². The molecule has 1 radical (unpaired) electrons. The van der Waals surface area contributed by atoms with E-state index in [9.17, 15) is 0 Å². The number of H-pyrrole nitrogens is 1. The number of morpholine rings is 1. The van der Waals surface area contributed by atoms with Gasteiger partial charge in [-0.2, -0.15) is 0 Å². The third-order valence-corrected chi connectivity index (χ3v) is 3.60. The molecule has 0 aliphatic carbocycles. The normalized spacial score (nSPS) is 15.5. The molecule has 0 unspecified atom stereocenters. The summed E-state index contributed by atoms with van der Waals surface area (Å²) < 4.78 is 5.38. The van der Waals surface area contributed by atoms with Crippen LogP contribution in [0, 0.1) is 6.42 Å². The van der Waals surface area contributed by atoms with Gasteiger partial charge < -0.3 is 14.6 Å². The van der Waals surface area contributed by atoms with E-state index in [0.717, 1.165) is 44.8 Å². The van der Waals surface area contributed by atoms with Crippen molar-refractivity contribution >= 4 is 5.69 Å². The number of aryl methyl sites for hydroxylation is 1. The molecule has 1 fully saturated rings. The second-order valence-electron chi connectivity index (χ2n) is 4.99. The summed E-state index contributed by atoms with van der Waals surface area (Å²) in [5.74, 6) is 0. The van der Waals surface area contributed by atoms with E-state index in [-0.39, 0.29) is 0 Å². The van der Waals surface area contributed by atoms with Crippen molar-refractivity contribution in [1.29, 1.82) is 0 Å². The van der Waals surface area contributed by atoms with Crippen molar-refractivity contribution in [2.75, 3.05) is 31.2 Å². The summed E-state index contributed by atoms with van der Waals surface area (Å²) in [6.45, 7) is 3.64. The van der Waals surface area contributed by atoms with Gasteiger partial charge in [-0.15, -0.1) is 0 Å². The van der Waals surface area contributed by atoms with Crippen LogP contribution in [-0.2, 0) is 11.2 Å². The highest BCUT2D eigenvalue weighted by Gasteiger charge is 2.10. The van der Waals surface area contributed by atoms with Crippen LogP contribution in [0.3, 0.4) is 0 Å². The number of hydrogen-bond acceptors (Lipinski definition) is 3. The van der Waals surface area contributed by atoms with Gasteiger partial charge in [-0.25, -0.2) is 4.98 Å². The average Bonchev–Trinajstić information content (AvgIpc) is 3.02. The van der Waals surface area contributed by atoms with Crippen molar-refractivity contribution in [1.82, 2.24) is 9.97 Å². The largest absolute Gasteiger partial charge is 0.378 e. The molecule has 0 atom stereocenters. The summed E-state index contributed by atoms with van der Waals surface area (Å²) in [4.78, 5) is 9.58. The third-order valence-electron chi connectivity index (χ3n) is 3.60. The predicted octanol–water partition coefficient (Wildman–Crippen LogP) is 2.43. The lowest BCUT2D eigenvalue weighted by molar-refractivity contribution is 0.122. The van der Waals surface area contributed by atoms with Crippen molar-refractivity contribution in [3.63, 3.8) is 0 Å². The molecule has 0 bridgehead atoms. The summed E-state index contributed by atoms with van der Waals surface area (Å²) >= 11 is 0. The van der Waals surface area contributed by atoms with Gasteiger partial charge in [0.15, 0.2) is 0 Å². The molecule has 2 heterocycles. The molecule has 105 valence electrons. The Morgan fingerprint density at radius 1 is 1.20 bits per heavy atom. The molecule has 4 nitrogen and oxygen atoms in total.